The Morgan fingerprint density at radius 2 is 1.85 bits per heavy atom. The molecule has 2 heterocycles. The lowest BCUT2D eigenvalue weighted by Gasteiger charge is -2.10. The number of urea groups is 1. The number of halogens is 1. The summed E-state index contributed by atoms with van der Waals surface area (Å²) in [5, 5.41) is 6.21. The van der Waals surface area contributed by atoms with Gasteiger partial charge in [0.25, 0.3) is 0 Å². The summed E-state index contributed by atoms with van der Waals surface area (Å²) in [6.07, 6.45) is 3.60. The van der Waals surface area contributed by atoms with E-state index in [1.807, 2.05) is 28.8 Å². The number of benzene rings is 1. The molecule has 0 bridgehead atoms. The molecule has 3 aromatic rings. The molecule has 26 heavy (non-hydrogen) atoms. The predicted molar refractivity (Wildman–Crippen MR) is 98.8 cm³/mol. The molecule has 2 aromatic heterocycles. The number of nitrogens with zero attached hydrogens (tertiary/aromatic N) is 2. The van der Waals surface area contributed by atoms with Crippen molar-refractivity contribution in [2.45, 2.75) is 13.1 Å². The van der Waals surface area contributed by atoms with Crippen LogP contribution < -0.4 is 20.1 Å². The van der Waals surface area contributed by atoms with E-state index in [0.29, 0.717) is 29.6 Å². The average Bonchev–Trinajstić information content (AvgIpc) is 3.06. The van der Waals surface area contributed by atoms with Crippen molar-refractivity contribution in [3.8, 4) is 11.5 Å². The first kappa shape index (κ1) is 17.9. The molecule has 0 fully saturated rings. The summed E-state index contributed by atoms with van der Waals surface area (Å²) in [5.41, 5.74) is 2.42. The molecule has 136 valence electrons. The van der Waals surface area contributed by atoms with Crippen LogP contribution in [0.3, 0.4) is 0 Å². The number of carbonyl (C=O) groups is 1. The molecule has 8 heteroatoms. The summed E-state index contributed by atoms with van der Waals surface area (Å²) < 4.78 is 12.3. The van der Waals surface area contributed by atoms with Gasteiger partial charge in [0, 0.05) is 18.9 Å². The van der Waals surface area contributed by atoms with Crippen LogP contribution in [0, 0.1) is 0 Å². The minimum Gasteiger partial charge on any atom is -0.493 e. The third-order valence-corrected chi connectivity index (χ3v) is 4.02. The molecule has 0 atom stereocenters. The van der Waals surface area contributed by atoms with Crippen LogP contribution in [0.15, 0.2) is 42.7 Å². The smallest absolute Gasteiger partial charge is 0.315 e. The molecule has 0 spiro atoms. The van der Waals surface area contributed by atoms with Crippen molar-refractivity contribution >= 4 is 23.3 Å². The van der Waals surface area contributed by atoms with Gasteiger partial charge < -0.3 is 24.5 Å². The Balaban J connectivity index is 1.53. The Kier molecular flexibility index (Phi) is 5.48. The van der Waals surface area contributed by atoms with Gasteiger partial charge in [0.15, 0.2) is 11.5 Å². The van der Waals surface area contributed by atoms with Crippen LogP contribution in [0.5, 0.6) is 11.5 Å². The summed E-state index contributed by atoms with van der Waals surface area (Å²) in [5.74, 6) is 1.27. The number of hydrogen-bond donors (Lipinski definition) is 2. The van der Waals surface area contributed by atoms with Crippen molar-refractivity contribution < 1.29 is 14.3 Å². The Labute approximate surface area is 155 Å². The third-order valence-electron chi connectivity index (χ3n) is 3.80. The summed E-state index contributed by atoms with van der Waals surface area (Å²) in [6.45, 7) is 0.685. The fraction of sp³-hybridized carbons (Fsp3) is 0.222. The maximum atomic E-state index is 12.0. The van der Waals surface area contributed by atoms with E-state index in [2.05, 4.69) is 15.6 Å². The zero-order chi connectivity index (χ0) is 18.5. The first-order valence-corrected chi connectivity index (χ1v) is 8.32. The minimum atomic E-state index is -0.283. The second kappa shape index (κ2) is 7.97. The molecule has 0 saturated heterocycles. The molecule has 0 radical (unpaired) electrons. The monoisotopic (exact) mass is 374 g/mol. The Morgan fingerprint density at radius 1 is 1.08 bits per heavy atom. The number of rotatable bonds is 6. The molecule has 0 aliphatic rings. The predicted octanol–water partition coefficient (Wildman–Crippen LogP) is 3.00. The number of aromatic nitrogens is 2. The number of fused-ring (bicyclic) bond motifs is 1. The molecule has 7 nitrogen and oxygen atoms in total. The van der Waals surface area contributed by atoms with Gasteiger partial charge in [-0.05, 0) is 29.8 Å². The fourth-order valence-electron chi connectivity index (χ4n) is 2.51. The average molecular weight is 375 g/mol. The Morgan fingerprint density at radius 3 is 2.62 bits per heavy atom. The molecule has 0 unspecified atom stereocenters. The van der Waals surface area contributed by atoms with Crippen LogP contribution in [0.1, 0.15) is 11.3 Å². The van der Waals surface area contributed by atoms with Gasteiger partial charge in [-0.15, -0.1) is 0 Å². The van der Waals surface area contributed by atoms with Crippen LogP contribution >= 0.6 is 11.6 Å². The normalized spacial score (nSPS) is 10.6. The lowest BCUT2D eigenvalue weighted by atomic mass is 10.2. The number of ether oxygens (including phenoxy) is 2. The third kappa shape index (κ3) is 4.18. The SMILES string of the molecule is COc1ccc(CNC(=O)NCc2cn3cc(Cl)ccc3n2)cc1OC. The van der Waals surface area contributed by atoms with E-state index in [1.54, 1.807) is 32.5 Å². The highest BCUT2D eigenvalue weighted by atomic mass is 35.5. The minimum absolute atomic E-state index is 0.283. The van der Waals surface area contributed by atoms with Gasteiger partial charge in [0.2, 0.25) is 0 Å². The number of methoxy groups -OCH3 is 2. The van der Waals surface area contributed by atoms with E-state index in [4.69, 9.17) is 21.1 Å². The molecular formula is C18H19ClN4O3. The summed E-state index contributed by atoms with van der Waals surface area (Å²) in [6, 6.07) is 8.81. The van der Waals surface area contributed by atoms with Gasteiger partial charge in [-0.1, -0.05) is 17.7 Å². The van der Waals surface area contributed by atoms with E-state index in [0.717, 1.165) is 16.9 Å². The van der Waals surface area contributed by atoms with Crippen LogP contribution in [0.2, 0.25) is 5.02 Å². The first-order valence-electron chi connectivity index (χ1n) is 7.95. The first-order chi connectivity index (χ1) is 12.6. The quantitative estimate of drug-likeness (QED) is 0.695. The van der Waals surface area contributed by atoms with Gasteiger partial charge in [0.05, 0.1) is 31.5 Å². The number of hydrogen-bond acceptors (Lipinski definition) is 4. The summed E-state index contributed by atoms with van der Waals surface area (Å²) in [4.78, 5) is 16.4. The highest BCUT2D eigenvalue weighted by molar-refractivity contribution is 6.30. The molecule has 3 rings (SSSR count). The molecule has 1 aromatic carbocycles. The zero-order valence-corrected chi connectivity index (χ0v) is 15.2. The van der Waals surface area contributed by atoms with Crippen LogP contribution in [0.25, 0.3) is 5.65 Å². The molecule has 0 aliphatic carbocycles. The van der Waals surface area contributed by atoms with Gasteiger partial charge in [0.1, 0.15) is 5.65 Å². The second-order valence-corrected chi connectivity index (χ2v) is 6.01. The van der Waals surface area contributed by atoms with Gasteiger partial charge >= 0.3 is 6.03 Å². The second-order valence-electron chi connectivity index (χ2n) is 5.57. The number of pyridine rings is 1. The van der Waals surface area contributed by atoms with Crippen molar-refractivity contribution in [2.75, 3.05) is 14.2 Å². The molecule has 2 amide bonds. The number of amides is 2. The maximum absolute atomic E-state index is 12.0. The zero-order valence-electron chi connectivity index (χ0n) is 14.5. The summed E-state index contributed by atoms with van der Waals surface area (Å²) in [7, 11) is 3.15. The van der Waals surface area contributed by atoms with Crippen LogP contribution in [-0.4, -0.2) is 29.6 Å². The number of nitrogens with one attached hydrogen (secondary N) is 2. The molecule has 0 saturated carbocycles. The number of carbonyl (C=O) groups excluding carboxylic acids is 1. The largest absolute Gasteiger partial charge is 0.493 e. The fourth-order valence-corrected chi connectivity index (χ4v) is 2.68. The van der Waals surface area contributed by atoms with Gasteiger partial charge in [-0.2, -0.15) is 0 Å². The molecule has 0 aliphatic heterocycles. The van der Waals surface area contributed by atoms with Crippen molar-refractivity contribution in [3.05, 3.63) is 59.0 Å². The van der Waals surface area contributed by atoms with Crippen molar-refractivity contribution in [1.82, 2.24) is 20.0 Å². The van der Waals surface area contributed by atoms with Crippen LogP contribution in [0.4, 0.5) is 4.79 Å². The summed E-state index contributed by atoms with van der Waals surface area (Å²) >= 11 is 5.95. The van der Waals surface area contributed by atoms with Crippen molar-refractivity contribution in [1.29, 1.82) is 0 Å². The lowest BCUT2D eigenvalue weighted by Crippen LogP contribution is -2.34. The van der Waals surface area contributed by atoms with Gasteiger partial charge in [-0.3, -0.25) is 0 Å². The maximum Gasteiger partial charge on any atom is 0.315 e. The highest BCUT2D eigenvalue weighted by Crippen LogP contribution is 2.27. The van der Waals surface area contributed by atoms with E-state index in [-0.39, 0.29) is 6.03 Å². The number of imidazole rings is 1. The highest BCUT2D eigenvalue weighted by Gasteiger charge is 2.07. The Hall–Kier alpha value is -2.93. The topological polar surface area (TPSA) is 76.9 Å². The molecular weight excluding hydrogens is 356 g/mol. The van der Waals surface area contributed by atoms with E-state index < -0.39 is 0 Å². The lowest BCUT2D eigenvalue weighted by molar-refractivity contribution is 0.240. The van der Waals surface area contributed by atoms with Gasteiger partial charge in [-0.25, -0.2) is 9.78 Å². The van der Waals surface area contributed by atoms with Crippen LogP contribution in [-0.2, 0) is 13.1 Å². The van der Waals surface area contributed by atoms with E-state index in [9.17, 15) is 4.79 Å². The Bertz CT molecular complexity index is 926. The molecule has 2 N–H and O–H groups in total. The van der Waals surface area contributed by atoms with Crippen molar-refractivity contribution in [2.24, 2.45) is 0 Å². The van der Waals surface area contributed by atoms with E-state index >= 15 is 0 Å². The van der Waals surface area contributed by atoms with Crippen molar-refractivity contribution in [3.63, 3.8) is 0 Å². The standard InChI is InChI=1S/C18H19ClN4O3/c1-25-15-5-3-12(7-16(15)26-2)8-20-18(24)21-9-14-11-23-10-13(19)4-6-17(23)22-14/h3-7,10-11H,8-9H2,1-2H3,(H2,20,21,24). The van der Waals surface area contributed by atoms with E-state index in [1.165, 1.54) is 0 Å².